The lowest BCUT2D eigenvalue weighted by Gasteiger charge is -2.28. The summed E-state index contributed by atoms with van der Waals surface area (Å²) < 4.78 is 2.39. The highest BCUT2D eigenvalue weighted by Gasteiger charge is 2.37. The molecular formula is C117H78N2. The van der Waals surface area contributed by atoms with Crippen LogP contribution in [0.4, 0.5) is 17.1 Å². The van der Waals surface area contributed by atoms with Crippen molar-refractivity contribution in [3.05, 3.63) is 448 Å². The highest BCUT2D eigenvalue weighted by Crippen LogP contribution is 2.54. The lowest BCUT2D eigenvalue weighted by molar-refractivity contribution is 0.660. The fourth-order valence-electron chi connectivity index (χ4n) is 19.9. The summed E-state index contributed by atoms with van der Waals surface area (Å²) in [6.07, 6.45) is 0. The van der Waals surface area contributed by atoms with Crippen LogP contribution in [0.1, 0.15) is 25.0 Å². The highest BCUT2D eigenvalue weighted by atomic mass is 15.1. The molecule has 23 rings (SSSR count). The number of fused-ring (bicyclic) bond motifs is 12. The minimum atomic E-state index is -0.399. The topological polar surface area (TPSA) is 8.17 Å². The van der Waals surface area contributed by atoms with E-state index in [1.54, 1.807) is 0 Å². The Bertz CT molecular complexity index is 7400. The molecule has 0 fully saturated rings. The van der Waals surface area contributed by atoms with E-state index in [9.17, 15) is 0 Å². The van der Waals surface area contributed by atoms with Crippen molar-refractivity contribution in [1.29, 1.82) is 0 Å². The molecule has 0 spiro atoms. The Morgan fingerprint density at radius 1 is 0.185 bits per heavy atom. The van der Waals surface area contributed by atoms with E-state index in [-0.39, 0.29) is 0 Å². The van der Waals surface area contributed by atoms with Crippen molar-refractivity contribution < 1.29 is 0 Å². The van der Waals surface area contributed by atoms with Crippen molar-refractivity contribution >= 4 is 104 Å². The third kappa shape index (κ3) is 11.5. The molecule has 1 aliphatic carbocycles. The van der Waals surface area contributed by atoms with E-state index in [1.807, 2.05) is 0 Å². The number of anilines is 3. The van der Waals surface area contributed by atoms with Crippen LogP contribution in [0.3, 0.4) is 0 Å². The van der Waals surface area contributed by atoms with Crippen LogP contribution >= 0.6 is 0 Å². The van der Waals surface area contributed by atoms with Crippen molar-refractivity contribution in [2.75, 3.05) is 4.90 Å². The molecule has 0 saturated heterocycles. The molecule has 0 aliphatic heterocycles. The second-order valence-electron chi connectivity index (χ2n) is 32.5. The summed E-state index contributed by atoms with van der Waals surface area (Å²) in [6, 6.07) is 164. The summed E-state index contributed by atoms with van der Waals surface area (Å²) in [6.45, 7) is 4.87. The Hall–Kier alpha value is -15.2. The Labute approximate surface area is 692 Å². The smallest absolute Gasteiger partial charge is 0.0541 e. The second kappa shape index (κ2) is 28.1. The number of para-hydroxylation sites is 2. The second-order valence-corrected chi connectivity index (χ2v) is 32.5. The van der Waals surface area contributed by atoms with E-state index in [4.69, 9.17) is 0 Å². The van der Waals surface area contributed by atoms with Crippen LogP contribution in [-0.4, -0.2) is 4.57 Å². The number of rotatable bonds is 13. The molecule has 556 valence electrons. The summed E-state index contributed by atoms with van der Waals surface area (Å²) in [4.78, 5) is 2.44. The van der Waals surface area contributed by atoms with Crippen molar-refractivity contribution in [2.24, 2.45) is 0 Å². The van der Waals surface area contributed by atoms with E-state index in [1.165, 1.54) is 181 Å². The Morgan fingerprint density at radius 2 is 0.513 bits per heavy atom. The minimum absolute atomic E-state index is 0.399. The number of nitrogens with zero attached hydrogens (tertiary/aromatic N) is 2. The van der Waals surface area contributed by atoms with Gasteiger partial charge in [0, 0.05) is 38.9 Å². The van der Waals surface area contributed by atoms with Gasteiger partial charge in [0.05, 0.1) is 11.0 Å². The molecule has 0 unspecified atom stereocenters. The van der Waals surface area contributed by atoms with Crippen LogP contribution in [0, 0.1) is 0 Å². The summed E-state index contributed by atoms with van der Waals surface area (Å²) in [5, 5.41) is 17.1. The van der Waals surface area contributed by atoms with Crippen LogP contribution in [0.25, 0.3) is 203 Å². The number of aromatic nitrogens is 1. The highest BCUT2D eigenvalue weighted by molar-refractivity contribution is 6.20. The van der Waals surface area contributed by atoms with Crippen molar-refractivity contribution in [3.8, 4) is 117 Å². The zero-order chi connectivity index (χ0) is 78.8. The summed E-state index contributed by atoms with van der Waals surface area (Å²) >= 11 is 0. The fraction of sp³-hybridized carbons (Fsp3) is 0.0256. The molecule has 0 N–H and O–H groups in total. The van der Waals surface area contributed by atoms with Crippen LogP contribution in [0.5, 0.6) is 0 Å². The van der Waals surface area contributed by atoms with Gasteiger partial charge in [0.1, 0.15) is 0 Å². The van der Waals surface area contributed by atoms with Gasteiger partial charge >= 0.3 is 0 Å². The zero-order valence-electron chi connectivity index (χ0n) is 66.0. The van der Waals surface area contributed by atoms with Crippen LogP contribution in [-0.2, 0) is 5.41 Å². The first-order valence-electron chi connectivity index (χ1n) is 41.4. The van der Waals surface area contributed by atoms with Crippen LogP contribution in [0.2, 0.25) is 0 Å². The van der Waals surface area contributed by atoms with Gasteiger partial charge < -0.3 is 9.47 Å². The van der Waals surface area contributed by atoms with E-state index < -0.39 is 5.41 Å². The molecule has 119 heavy (non-hydrogen) atoms. The van der Waals surface area contributed by atoms with Crippen molar-refractivity contribution in [1.82, 2.24) is 4.57 Å². The SMILES string of the molecule is CC1(C)c2cc(-c3cc(-c4ccc(-c5cccc6ccccc56)c5c(-c6cccc7ccccc67)cccc45)cc(-c4ccc(-c5cccc6ccccc56)c5c(-c6cccc7ccccc67)cccc45)c3)ccc2-c2ccc(N(c3ccc(-c4ccccc4)cc3)c3ccc(-c4ccc5c(c4)c4ccccc4n5-c4ccccc4)cc3)cc21. The summed E-state index contributed by atoms with van der Waals surface area (Å²) in [5.74, 6) is 0. The molecule has 1 aliphatic rings. The predicted molar refractivity (Wildman–Crippen MR) is 507 cm³/mol. The maximum atomic E-state index is 2.52. The maximum Gasteiger partial charge on any atom is 0.0541 e. The molecule has 21 aromatic carbocycles. The van der Waals surface area contributed by atoms with Gasteiger partial charge in [-0.2, -0.15) is 0 Å². The van der Waals surface area contributed by atoms with Gasteiger partial charge in [-0.1, -0.05) is 360 Å². The molecule has 1 aromatic heterocycles. The van der Waals surface area contributed by atoms with Crippen LogP contribution in [0.15, 0.2) is 437 Å². The zero-order valence-corrected chi connectivity index (χ0v) is 66.0. The van der Waals surface area contributed by atoms with Gasteiger partial charge in [0.2, 0.25) is 0 Å². The van der Waals surface area contributed by atoms with Gasteiger partial charge in [-0.25, -0.2) is 0 Å². The Morgan fingerprint density at radius 3 is 1.03 bits per heavy atom. The molecule has 2 nitrogen and oxygen atoms in total. The Balaban J connectivity index is 0.698. The maximum absolute atomic E-state index is 2.52. The first kappa shape index (κ1) is 69.3. The predicted octanol–water partition coefficient (Wildman–Crippen LogP) is 32.5. The van der Waals surface area contributed by atoms with E-state index in [0.717, 1.165) is 50.6 Å². The molecule has 0 bridgehead atoms. The average molecular weight is 1510 g/mol. The normalized spacial score (nSPS) is 12.4. The lowest BCUT2D eigenvalue weighted by atomic mass is 9.80. The average Bonchev–Trinajstić information content (AvgIpc) is 1.72. The molecule has 0 amide bonds. The molecule has 1 heterocycles. The molecule has 0 radical (unpaired) electrons. The van der Waals surface area contributed by atoms with E-state index in [0.29, 0.717) is 0 Å². The van der Waals surface area contributed by atoms with E-state index in [2.05, 4.69) is 460 Å². The molecule has 2 heteroatoms. The van der Waals surface area contributed by atoms with Gasteiger partial charge in [-0.15, -0.1) is 0 Å². The third-order valence-electron chi connectivity index (χ3n) is 25.6. The van der Waals surface area contributed by atoms with Gasteiger partial charge in [0.25, 0.3) is 0 Å². The third-order valence-corrected chi connectivity index (χ3v) is 25.6. The molecule has 0 saturated carbocycles. The van der Waals surface area contributed by atoms with E-state index >= 15 is 0 Å². The number of hydrogen-bond acceptors (Lipinski definition) is 1. The molecule has 0 atom stereocenters. The lowest BCUT2D eigenvalue weighted by Crippen LogP contribution is -2.16. The fourth-order valence-corrected chi connectivity index (χ4v) is 19.9. The first-order chi connectivity index (χ1) is 58.8. The first-order valence-corrected chi connectivity index (χ1v) is 41.4. The van der Waals surface area contributed by atoms with Crippen LogP contribution < -0.4 is 4.90 Å². The quantitative estimate of drug-likeness (QED) is 0.112. The minimum Gasteiger partial charge on any atom is -0.310 e. The van der Waals surface area contributed by atoms with Gasteiger partial charge in [0.15, 0.2) is 0 Å². The van der Waals surface area contributed by atoms with Gasteiger partial charge in [-0.05, 0) is 278 Å². The monoisotopic (exact) mass is 1510 g/mol. The van der Waals surface area contributed by atoms with Crippen molar-refractivity contribution in [3.63, 3.8) is 0 Å². The van der Waals surface area contributed by atoms with Gasteiger partial charge in [-0.3, -0.25) is 0 Å². The summed E-state index contributed by atoms with van der Waals surface area (Å²) in [5.41, 5.74) is 32.8. The molecule has 22 aromatic rings. The standard InChI is InChI=1S/C117H78N2/c1-117(2)111-73-83(55-62-101(111)102-63-61-90(74-112(102)117)118(88-57-51-76(52-58-88)75-25-5-3-6-26-75)89-59-53-77(54-60-89)82-56-68-114-110(72-82)103-41-17-18-50-113(103)119(114)87-35-7-4-8-36-87)84-69-85(95-64-66-108(99-44-21-33-80-29-11-15-39-93(80)99)115-104(95)46-23-48-106(115)97-42-19-31-78-27-9-13-37-91(78)97)71-86(70-84)96-65-67-109(100-45-22-34-81-30-12-16-40-94(81)100)116-105(96)47-24-49-107(116)98-43-20-32-79-28-10-14-38-92(79)98/h3-74H,1-2H3. The van der Waals surface area contributed by atoms with Crippen molar-refractivity contribution in [2.45, 2.75) is 19.3 Å². The largest absolute Gasteiger partial charge is 0.310 e. The molecular weight excluding hydrogens is 1430 g/mol. The summed E-state index contributed by atoms with van der Waals surface area (Å²) in [7, 11) is 0. The number of hydrogen-bond donors (Lipinski definition) is 0. The Kier molecular flexibility index (Phi) is 16.3. The number of benzene rings is 21.